The normalized spacial score (nSPS) is 19.9. The Morgan fingerprint density at radius 1 is 0.958 bits per heavy atom. The molecule has 0 aromatic heterocycles. The molecule has 136 valence electrons. The minimum absolute atomic E-state index is 0. The molecular weight excluding hydrogens is 369 g/mol. The van der Waals surface area contributed by atoms with Gasteiger partial charge in [0.25, 0.3) is 0 Å². The van der Waals surface area contributed by atoms with E-state index in [9.17, 15) is 4.79 Å². The molecule has 1 aliphatic heterocycles. The molecule has 24 heavy (non-hydrogen) atoms. The van der Waals surface area contributed by atoms with E-state index >= 15 is 0 Å². The van der Waals surface area contributed by atoms with Crippen molar-refractivity contribution in [1.29, 1.82) is 0 Å². The van der Waals surface area contributed by atoms with E-state index in [1.807, 2.05) is 29.2 Å². The van der Waals surface area contributed by atoms with Gasteiger partial charge in [0.1, 0.15) is 0 Å². The number of nitrogens with zero attached hydrogens (tertiary/aromatic N) is 2. The average Bonchev–Trinajstić information content (AvgIpc) is 2.56. The van der Waals surface area contributed by atoms with Crippen LogP contribution in [0.2, 0.25) is 5.02 Å². The Morgan fingerprint density at radius 2 is 1.50 bits per heavy atom. The summed E-state index contributed by atoms with van der Waals surface area (Å²) >= 11 is 5.93. The van der Waals surface area contributed by atoms with E-state index in [-0.39, 0.29) is 30.7 Å². The number of halogens is 3. The van der Waals surface area contributed by atoms with Gasteiger partial charge in [-0.15, -0.1) is 24.8 Å². The molecule has 0 unspecified atom stereocenters. The van der Waals surface area contributed by atoms with Crippen molar-refractivity contribution in [2.24, 2.45) is 5.73 Å². The topological polar surface area (TPSA) is 49.6 Å². The van der Waals surface area contributed by atoms with Gasteiger partial charge in [-0.1, -0.05) is 30.9 Å². The Kier molecular flexibility index (Phi) is 8.13. The van der Waals surface area contributed by atoms with Crippen molar-refractivity contribution in [2.75, 3.05) is 31.1 Å². The van der Waals surface area contributed by atoms with Crippen molar-refractivity contribution >= 4 is 48.0 Å². The molecule has 2 fully saturated rings. The van der Waals surface area contributed by atoms with E-state index < -0.39 is 5.54 Å². The zero-order chi connectivity index (χ0) is 15.6. The molecule has 0 atom stereocenters. The van der Waals surface area contributed by atoms with Crippen LogP contribution in [0.3, 0.4) is 0 Å². The fourth-order valence-electron chi connectivity index (χ4n) is 3.53. The van der Waals surface area contributed by atoms with Gasteiger partial charge in [0.2, 0.25) is 5.91 Å². The predicted molar refractivity (Wildman–Crippen MR) is 105 cm³/mol. The minimum Gasteiger partial charge on any atom is -0.368 e. The molecule has 0 radical (unpaired) electrons. The van der Waals surface area contributed by atoms with Crippen LogP contribution < -0.4 is 10.6 Å². The fraction of sp³-hybridized carbons (Fsp3) is 0.588. The van der Waals surface area contributed by atoms with Gasteiger partial charge in [0.15, 0.2) is 0 Å². The maximum atomic E-state index is 12.7. The van der Waals surface area contributed by atoms with E-state index in [0.29, 0.717) is 0 Å². The third-order valence-electron chi connectivity index (χ3n) is 4.93. The van der Waals surface area contributed by atoms with E-state index in [0.717, 1.165) is 62.6 Å². The van der Waals surface area contributed by atoms with Crippen molar-refractivity contribution in [3.05, 3.63) is 29.3 Å². The van der Waals surface area contributed by atoms with Gasteiger partial charge in [0, 0.05) is 36.9 Å². The van der Waals surface area contributed by atoms with Gasteiger partial charge in [-0.05, 0) is 37.1 Å². The molecule has 4 nitrogen and oxygen atoms in total. The summed E-state index contributed by atoms with van der Waals surface area (Å²) < 4.78 is 0. The minimum atomic E-state index is -0.610. The zero-order valence-electron chi connectivity index (χ0n) is 13.7. The first kappa shape index (κ1) is 21.4. The number of piperazine rings is 1. The molecule has 3 rings (SSSR count). The average molecular weight is 395 g/mol. The lowest BCUT2D eigenvalue weighted by Gasteiger charge is -2.41. The number of carbonyl (C=O) groups excluding carboxylic acids is 1. The molecule has 1 saturated heterocycles. The van der Waals surface area contributed by atoms with E-state index in [2.05, 4.69) is 4.90 Å². The van der Waals surface area contributed by atoms with Crippen LogP contribution in [0.15, 0.2) is 24.3 Å². The summed E-state index contributed by atoms with van der Waals surface area (Å²) in [5, 5.41) is 0.750. The highest BCUT2D eigenvalue weighted by Gasteiger charge is 2.39. The van der Waals surface area contributed by atoms with Crippen LogP contribution in [0.25, 0.3) is 0 Å². The van der Waals surface area contributed by atoms with Gasteiger partial charge < -0.3 is 15.5 Å². The fourth-order valence-corrected chi connectivity index (χ4v) is 3.66. The number of benzene rings is 1. The smallest absolute Gasteiger partial charge is 0.242 e. The monoisotopic (exact) mass is 393 g/mol. The molecule has 7 heteroatoms. The Bertz CT molecular complexity index is 524. The van der Waals surface area contributed by atoms with Crippen LogP contribution in [-0.4, -0.2) is 42.5 Å². The molecule has 1 aliphatic carbocycles. The Morgan fingerprint density at radius 3 is 2.04 bits per heavy atom. The molecule has 1 amide bonds. The van der Waals surface area contributed by atoms with Crippen molar-refractivity contribution in [2.45, 2.75) is 37.6 Å². The van der Waals surface area contributed by atoms with Crippen LogP contribution in [0.1, 0.15) is 32.1 Å². The number of anilines is 1. The van der Waals surface area contributed by atoms with E-state index in [1.54, 1.807) is 0 Å². The molecule has 1 saturated carbocycles. The van der Waals surface area contributed by atoms with Crippen molar-refractivity contribution < 1.29 is 4.79 Å². The molecule has 1 aromatic carbocycles. The first-order valence-corrected chi connectivity index (χ1v) is 8.55. The second-order valence-electron chi connectivity index (χ2n) is 6.47. The maximum absolute atomic E-state index is 12.7. The van der Waals surface area contributed by atoms with Crippen LogP contribution in [-0.2, 0) is 4.79 Å². The summed E-state index contributed by atoms with van der Waals surface area (Å²) in [4.78, 5) is 17.0. The summed E-state index contributed by atoms with van der Waals surface area (Å²) in [7, 11) is 0. The van der Waals surface area contributed by atoms with Crippen LogP contribution in [0, 0.1) is 0 Å². The number of nitrogens with two attached hydrogens (primary N) is 1. The largest absolute Gasteiger partial charge is 0.368 e. The molecule has 2 aliphatic rings. The highest BCUT2D eigenvalue weighted by atomic mass is 35.5. The molecule has 0 spiro atoms. The lowest BCUT2D eigenvalue weighted by atomic mass is 9.81. The van der Waals surface area contributed by atoms with Gasteiger partial charge in [-0.2, -0.15) is 0 Å². The van der Waals surface area contributed by atoms with Crippen molar-refractivity contribution in [3.63, 3.8) is 0 Å². The quantitative estimate of drug-likeness (QED) is 0.835. The Hall–Kier alpha value is -0.680. The highest BCUT2D eigenvalue weighted by molar-refractivity contribution is 6.30. The van der Waals surface area contributed by atoms with Crippen molar-refractivity contribution in [3.8, 4) is 0 Å². The van der Waals surface area contributed by atoms with Gasteiger partial charge in [0.05, 0.1) is 5.54 Å². The maximum Gasteiger partial charge on any atom is 0.242 e. The first-order chi connectivity index (χ1) is 10.6. The van der Waals surface area contributed by atoms with E-state index in [1.165, 1.54) is 6.42 Å². The van der Waals surface area contributed by atoms with Crippen LogP contribution in [0.5, 0.6) is 0 Å². The molecule has 0 bridgehead atoms. The van der Waals surface area contributed by atoms with Gasteiger partial charge in [-0.25, -0.2) is 0 Å². The molecule has 2 N–H and O–H groups in total. The molecule has 1 aromatic rings. The Labute approximate surface area is 161 Å². The highest BCUT2D eigenvalue weighted by Crippen LogP contribution is 2.28. The number of carbonyl (C=O) groups is 1. The van der Waals surface area contributed by atoms with E-state index in [4.69, 9.17) is 17.3 Å². The molecule has 1 heterocycles. The number of rotatable bonds is 2. The predicted octanol–water partition coefficient (Wildman–Crippen LogP) is 3.49. The zero-order valence-corrected chi connectivity index (χ0v) is 16.1. The standard InChI is InChI=1S/C17H24ClN3O.2ClH/c18-14-4-6-15(7-5-14)20-10-12-21(13-11-20)16(22)17(19)8-2-1-3-9-17;;/h4-7H,1-3,8-13,19H2;2*1H. The third-order valence-corrected chi connectivity index (χ3v) is 5.18. The summed E-state index contributed by atoms with van der Waals surface area (Å²) in [5.74, 6) is 0.156. The summed E-state index contributed by atoms with van der Waals surface area (Å²) in [6.07, 6.45) is 5.03. The second-order valence-corrected chi connectivity index (χ2v) is 6.91. The van der Waals surface area contributed by atoms with Crippen LogP contribution >= 0.6 is 36.4 Å². The number of amides is 1. The number of hydrogen-bond acceptors (Lipinski definition) is 3. The SMILES string of the molecule is Cl.Cl.NC1(C(=O)N2CCN(c3ccc(Cl)cc3)CC2)CCCCC1. The summed E-state index contributed by atoms with van der Waals surface area (Å²) in [6.45, 7) is 3.20. The first-order valence-electron chi connectivity index (χ1n) is 8.17. The Balaban J connectivity index is 0.00000144. The van der Waals surface area contributed by atoms with Crippen molar-refractivity contribution in [1.82, 2.24) is 4.90 Å². The summed E-state index contributed by atoms with van der Waals surface area (Å²) in [6, 6.07) is 7.88. The number of hydrogen-bond donors (Lipinski definition) is 1. The lowest BCUT2D eigenvalue weighted by molar-refractivity contribution is -0.138. The van der Waals surface area contributed by atoms with Gasteiger partial charge >= 0.3 is 0 Å². The van der Waals surface area contributed by atoms with Gasteiger partial charge in [-0.3, -0.25) is 4.79 Å². The second kappa shape index (κ2) is 9.14. The van der Waals surface area contributed by atoms with Crippen LogP contribution in [0.4, 0.5) is 5.69 Å². The molecular formula is C17H26Cl3N3O. The lowest BCUT2D eigenvalue weighted by Crippen LogP contribution is -2.60. The summed E-state index contributed by atoms with van der Waals surface area (Å²) in [5.41, 5.74) is 6.93. The third kappa shape index (κ3) is 4.69.